The zero-order chi connectivity index (χ0) is 14.4. The molecule has 0 unspecified atom stereocenters. The van der Waals surface area contributed by atoms with E-state index in [-0.39, 0.29) is 5.41 Å². The standard InChI is InChI=1S/C17H22BrNO/c1-2-14-6-8-17(13-19,9-7-14)10-11-20-16-5-3-4-15(18)12-16/h3-5,12,14H,2,6-11H2,1H3. The van der Waals surface area contributed by atoms with Gasteiger partial charge in [0.2, 0.25) is 0 Å². The lowest BCUT2D eigenvalue weighted by Gasteiger charge is -2.34. The lowest BCUT2D eigenvalue weighted by Crippen LogP contribution is -2.27. The van der Waals surface area contributed by atoms with Crippen molar-refractivity contribution in [2.45, 2.75) is 45.4 Å². The minimum absolute atomic E-state index is 0.155. The van der Waals surface area contributed by atoms with E-state index in [4.69, 9.17) is 4.74 Å². The van der Waals surface area contributed by atoms with Crippen molar-refractivity contribution in [3.63, 3.8) is 0 Å². The zero-order valence-corrected chi connectivity index (χ0v) is 13.7. The first-order valence-corrected chi connectivity index (χ1v) is 8.26. The minimum Gasteiger partial charge on any atom is -0.493 e. The van der Waals surface area contributed by atoms with Crippen LogP contribution in [0.1, 0.15) is 45.4 Å². The minimum atomic E-state index is -0.155. The molecule has 1 fully saturated rings. The number of hydrogen-bond donors (Lipinski definition) is 0. The maximum absolute atomic E-state index is 9.53. The van der Waals surface area contributed by atoms with E-state index in [1.165, 1.54) is 19.3 Å². The third-order valence-electron chi connectivity index (χ3n) is 4.52. The fraction of sp³-hybridized carbons (Fsp3) is 0.588. The molecule has 1 aromatic rings. The van der Waals surface area contributed by atoms with Gasteiger partial charge in [-0.25, -0.2) is 0 Å². The molecule has 0 heterocycles. The van der Waals surface area contributed by atoms with Crippen LogP contribution in [0.5, 0.6) is 5.75 Å². The van der Waals surface area contributed by atoms with Gasteiger partial charge in [-0.05, 0) is 49.8 Å². The summed E-state index contributed by atoms with van der Waals surface area (Å²) in [7, 11) is 0. The molecule has 0 N–H and O–H groups in total. The van der Waals surface area contributed by atoms with Crippen LogP contribution in [-0.4, -0.2) is 6.61 Å². The Morgan fingerprint density at radius 2 is 2.15 bits per heavy atom. The summed E-state index contributed by atoms with van der Waals surface area (Å²) in [5, 5.41) is 9.53. The van der Waals surface area contributed by atoms with Crippen LogP contribution in [0.3, 0.4) is 0 Å². The highest BCUT2D eigenvalue weighted by Gasteiger charge is 2.34. The van der Waals surface area contributed by atoms with Gasteiger partial charge < -0.3 is 4.74 Å². The van der Waals surface area contributed by atoms with Gasteiger partial charge in [0.05, 0.1) is 18.1 Å². The van der Waals surface area contributed by atoms with Crippen LogP contribution in [0.2, 0.25) is 0 Å². The summed E-state index contributed by atoms with van der Waals surface area (Å²) in [6, 6.07) is 10.4. The average Bonchev–Trinajstić information content (AvgIpc) is 2.48. The Morgan fingerprint density at radius 1 is 1.40 bits per heavy atom. The van der Waals surface area contributed by atoms with E-state index < -0.39 is 0 Å². The molecule has 2 nitrogen and oxygen atoms in total. The van der Waals surface area contributed by atoms with Crippen LogP contribution < -0.4 is 4.74 Å². The Hall–Kier alpha value is -1.01. The molecule has 20 heavy (non-hydrogen) atoms. The number of hydrogen-bond acceptors (Lipinski definition) is 2. The van der Waals surface area contributed by atoms with Gasteiger partial charge in [0.25, 0.3) is 0 Å². The molecule has 1 aromatic carbocycles. The van der Waals surface area contributed by atoms with Crippen LogP contribution in [0, 0.1) is 22.7 Å². The molecule has 0 saturated heterocycles. The summed E-state index contributed by atoms with van der Waals surface area (Å²) in [5.41, 5.74) is -0.155. The van der Waals surface area contributed by atoms with Gasteiger partial charge in [0.1, 0.15) is 5.75 Å². The van der Waals surface area contributed by atoms with Crippen molar-refractivity contribution in [3.05, 3.63) is 28.7 Å². The number of nitrogens with zero attached hydrogens (tertiary/aromatic N) is 1. The molecular formula is C17H22BrNO. The van der Waals surface area contributed by atoms with E-state index in [9.17, 15) is 5.26 Å². The Kier molecular flexibility index (Phi) is 5.48. The topological polar surface area (TPSA) is 33.0 Å². The Labute approximate surface area is 130 Å². The molecule has 0 bridgehead atoms. The molecule has 0 aliphatic heterocycles. The fourth-order valence-electron chi connectivity index (χ4n) is 2.98. The van der Waals surface area contributed by atoms with E-state index >= 15 is 0 Å². The number of benzene rings is 1. The largest absolute Gasteiger partial charge is 0.493 e. The van der Waals surface area contributed by atoms with Gasteiger partial charge in [-0.1, -0.05) is 35.3 Å². The number of halogens is 1. The highest BCUT2D eigenvalue weighted by molar-refractivity contribution is 9.10. The van der Waals surface area contributed by atoms with Crippen molar-refractivity contribution >= 4 is 15.9 Å². The average molecular weight is 336 g/mol. The second kappa shape index (κ2) is 7.13. The predicted octanol–water partition coefficient (Wildman–Crippen LogP) is 5.33. The van der Waals surface area contributed by atoms with Crippen LogP contribution in [0.4, 0.5) is 0 Å². The highest BCUT2D eigenvalue weighted by atomic mass is 79.9. The van der Waals surface area contributed by atoms with Gasteiger partial charge >= 0.3 is 0 Å². The molecule has 3 heteroatoms. The molecular weight excluding hydrogens is 314 g/mol. The summed E-state index contributed by atoms with van der Waals surface area (Å²) in [5.74, 6) is 1.69. The second-order valence-corrected chi connectivity index (χ2v) is 6.72. The third kappa shape index (κ3) is 3.99. The van der Waals surface area contributed by atoms with Crippen molar-refractivity contribution in [2.75, 3.05) is 6.61 Å². The number of nitriles is 1. The van der Waals surface area contributed by atoms with Crippen molar-refractivity contribution < 1.29 is 4.74 Å². The Morgan fingerprint density at radius 3 is 2.75 bits per heavy atom. The first kappa shape index (κ1) is 15.4. The molecule has 1 aliphatic rings. The van der Waals surface area contributed by atoms with Gasteiger partial charge in [0.15, 0.2) is 0 Å². The lowest BCUT2D eigenvalue weighted by molar-refractivity contribution is 0.161. The first-order chi connectivity index (χ1) is 9.67. The van der Waals surface area contributed by atoms with E-state index in [0.717, 1.165) is 35.4 Å². The maximum atomic E-state index is 9.53. The lowest BCUT2D eigenvalue weighted by atomic mass is 9.69. The van der Waals surface area contributed by atoms with Gasteiger partial charge in [-0.3, -0.25) is 0 Å². The van der Waals surface area contributed by atoms with Crippen LogP contribution in [-0.2, 0) is 0 Å². The van der Waals surface area contributed by atoms with Crippen molar-refractivity contribution in [2.24, 2.45) is 11.3 Å². The molecule has 0 atom stereocenters. The fourth-order valence-corrected chi connectivity index (χ4v) is 3.36. The summed E-state index contributed by atoms with van der Waals surface area (Å²) in [4.78, 5) is 0. The SMILES string of the molecule is CCC1CCC(C#N)(CCOc2cccc(Br)c2)CC1. The van der Waals surface area contributed by atoms with Gasteiger partial charge in [-0.15, -0.1) is 0 Å². The van der Waals surface area contributed by atoms with E-state index in [1.807, 2.05) is 24.3 Å². The second-order valence-electron chi connectivity index (χ2n) is 5.80. The summed E-state index contributed by atoms with van der Waals surface area (Å²) in [6.45, 7) is 2.88. The van der Waals surface area contributed by atoms with Gasteiger partial charge in [0, 0.05) is 10.9 Å². The Bertz CT molecular complexity index is 472. The predicted molar refractivity (Wildman–Crippen MR) is 84.5 cm³/mol. The van der Waals surface area contributed by atoms with E-state index in [2.05, 4.69) is 28.9 Å². The maximum Gasteiger partial charge on any atom is 0.120 e. The number of ether oxygens (including phenoxy) is 1. The molecule has 1 saturated carbocycles. The first-order valence-electron chi connectivity index (χ1n) is 7.47. The van der Waals surface area contributed by atoms with Gasteiger partial charge in [-0.2, -0.15) is 5.26 Å². The summed E-state index contributed by atoms with van der Waals surface area (Å²) in [6.07, 6.45) is 6.54. The smallest absolute Gasteiger partial charge is 0.120 e. The highest BCUT2D eigenvalue weighted by Crippen LogP contribution is 2.42. The molecule has 1 aliphatic carbocycles. The summed E-state index contributed by atoms with van der Waals surface area (Å²) >= 11 is 3.44. The van der Waals surface area contributed by atoms with Crippen LogP contribution in [0.15, 0.2) is 28.7 Å². The summed E-state index contributed by atoms with van der Waals surface area (Å²) < 4.78 is 6.81. The molecule has 0 spiro atoms. The molecule has 108 valence electrons. The normalized spacial score (nSPS) is 25.9. The third-order valence-corrected chi connectivity index (χ3v) is 5.02. The van der Waals surface area contributed by atoms with Crippen molar-refractivity contribution in [3.8, 4) is 11.8 Å². The van der Waals surface area contributed by atoms with Crippen molar-refractivity contribution in [1.82, 2.24) is 0 Å². The van der Waals surface area contributed by atoms with E-state index in [0.29, 0.717) is 6.61 Å². The van der Waals surface area contributed by atoms with E-state index in [1.54, 1.807) is 0 Å². The molecule has 0 aromatic heterocycles. The molecule has 2 rings (SSSR count). The number of rotatable bonds is 5. The monoisotopic (exact) mass is 335 g/mol. The Balaban J connectivity index is 1.84. The zero-order valence-electron chi connectivity index (χ0n) is 12.1. The van der Waals surface area contributed by atoms with Crippen LogP contribution >= 0.6 is 15.9 Å². The molecule has 0 radical (unpaired) electrons. The molecule has 0 amide bonds. The quantitative estimate of drug-likeness (QED) is 0.728. The van der Waals surface area contributed by atoms with Crippen LogP contribution in [0.25, 0.3) is 0 Å². The van der Waals surface area contributed by atoms with Crippen molar-refractivity contribution in [1.29, 1.82) is 5.26 Å².